The van der Waals surface area contributed by atoms with Gasteiger partial charge in [-0.05, 0) is 62.2 Å². The van der Waals surface area contributed by atoms with Gasteiger partial charge in [0.05, 0.1) is 40.1 Å². The number of esters is 1. The molecule has 3 aromatic rings. The molecule has 0 unspecified atom stereocenters. The number of nitrogens with zero attached hydrogens (tertiary/aromatic N) is 2. The summed E-state index contributed by atoms with van der Waals surface area (Å²) in [6, 6.07) is 11.7. The molecule has 0 radical (unpaired) electrons. The van der Waals surface area contributed by atoms with Crippen LogP contribution in [0.15, 0.2) is 63.5 Å². The highest BCUT2D eigenvalue weighted by Crippen LogP contribution is 2.31. The lowest BCUT2D eigenvalue weighted by atomic mass is 9.96. The molecule has 0 amide bonds. The molecule has 1 aliphatic rings. The maximum absolute atomic E-state index is 13.6. The van der Waals surface area contributed by atoms with Crippen molar-refractivity contribution in [1.82, 2.24) is 4.57 Å². The van der Waals surface area contributed by atoms with Gasteiger partial charge in [0.15, 0.2) is 4.80 Å². The van der Waals surface area contributed by atoms with E-state index in [1.165, 1.54) is 15.9 Å². The topological polar surface area (TPSA) is 69.9 Å². The molecule has 1 atom stereocenters. The number of hydrogen-bond donors (Lipinski definition) is 0. The largest absolute Gasteiger partial charge is 0.492 e. The molecule has 1 aliphatic heterocycles. The molecule has 34 heavy (non-hydrogen) atoms. The first-order chi connectivity index (χ1) is 16.3. The molecule has 0 N–H and O–H groups in total. The summed E-state index contributed by atoms with van der Waals surface area (Å²) in [5.41, 5.74) is 2.06. The van der Waals surface area contributed by atoms with E-state index in [2.05, 4.69) is 4.99 Å². The van der Waals surface area contributed by atoms with Gasteiger partial charge in [0.2, 0.25) is 0 Å². The first-order valence-corrected chi connectivity index (χ1v) is 12.3. The molecule has 0 saturated carbocycles. The van der Waals surface area contributed by atoms with Crippen LogP contribution < -0.4 is 19.6 Å². The van der Waals surface area contributed by atoms with E-state index in [-0.39, 0.29) is 12.2 Å². The van der Waals surface area contributed by atoms with Gasteiger partial charge < -0.3 is 9.47 Å². The number of rotatable bonds is 6. The summed E-state index contributed by atoms with van der Waals surface area (Å²) in [5.74, 6) is 0.0801. The minimum atomic E-state index is -0.682. The molecule has 4 rings (SSSR count). The predicted molar refractivity (Wildman–Crippen MR) is 134 cm³/mol. The first kappa shape index (κ1) is 24.3. The summed E-state index contributed by atoms with van der Waals surface area (Å²) < 4.78 is 12.8. The molecular weight excluding hydrogens is 495 g/mol. The Hall–Kier alpha value is -2.87. The number of allylic oxidation sites excluding steroid dienone is 1. The Bertz CT molecular complexity index is 1460. The summed E-state index contributed by atoms with van der Waals surface area (Å²) in [6.07, 6.45) is 1.76. The highest BCUT2D eigenvalue weighted by molar-refractivity contribution is 7.07. The normalized spacial score (nSPS) is 15.7. The average Bonchev–Trinajstić information content (AvgIpc) is 3.10. The molecule has 0 bridgehead atoms. The van der Waals surface area contributed by atoms with Crippen molar-refractivity contribution in [2.45, 2.75) is 26.8 Å². The molecule has 0 aliphatic carbocycles. The minimum Gasteiger partial charge on any atom is -0.492 e. The van der Waals surface area contributed by atoms with Crippen molar-refractivity contribution in [3.63, 3.8) is 0 Å². The lowest BCUT2D eigenvalue weighted by molar-refractivity contribution is -0.139. The van der Waals surface area contributed by atoms with Gasteiger partial charge in [-0.2, -0.15) is 0 Å². The van der Waals surface area contributed by atoms with E-state index in [4.69, 9.17) is 32.7 Å². The fraction of sp³-hybridized carbons (Fsp3) is 0.240. The molecule has 6 nitrogen and oxygen atoms in total. The fourth-order valence-electron chi connectivity index (χ4n) is 3.78. The molecule has 0 spiro atoms. The fourth-order valence-corrected chi connectivity index (χ4v) is 5.20. The predicted octanol–water partition coefficient (Wildman–Crippen LogP) is 4.50. The number of carbonyl (C=O) groups excluding carboxylic acids is 1. The average molecular weight is 517 g/mol. The smallest absolute Gasteiger partial charge is 0.338 e. The quantitative estimate of drug-likeness (QED) is 0.452. The van der Waals surface area contributed by atoms with E-state index in [1.807, 2.05) is 13.0 Å². The van der Waals surface area contributed by atoms with Crippen LogP contribution in [0.2, 0.25) is 10.0 Å². The lowest BCUT2D eigenvalue weighted by Crippen LogP contribution is -2.39. The first-order valence-electron chi connectivity index (χ1n) is 10.7. The van der Waals surface area contributed by atoms with Crippen molar-refractivity contribution < 1.29 is 14.3 Å². The van der Waals surface area contributed by atoms with Gasteiger partial charge >= 0.3 is 5.97 Å². The van der Waals surface area contributed by atoms with Crippen LogP contribution in [0.1, 0.15) is 37.9 Å². The maximum Gasteiger partial charge on any atom is 0.338 e. The van der Waals surface area contributed by atoms with Gasteiger partial charge in [-0.15, -0.1) is 0 Å². The molecule has 0 fully saturated rings. The van der Waals surface area contributed by atoms with Crippen LogP contribution >= 0.6 is 34.5 Å². The highest BCUT2D eigenvalue weighted by atomic mass is 35.5. The van der Waals surface area contributed by atoms with E-state index in [1.54, 1.807) is 56.3 Å². The van der Waals surface area contributed by atoms with Gasteiger partial charge in [-0.25, -0.2) is 9.79 Å². The van der Waals surface area contributed by atoms with Gasteiger partial charge in [0.25, 0.3) is 5.56 Å². The molecule has 176 valence electrons. The molecular formula is C25H22Cl2N2O4S. The zero-order chi connectivity index (χ0) is 24.4. The summed E-state index contributed by atoms with van der Waals surface area (Å²) >= 11 is 13.7. The van der Waals surface area contributed by atoms with Gasteiger partial charge in [-0.1, -0.05) is 52.7 Å². The van der Waals surface area contributed by atoms with Crippen LogP contribution in [0, 0.1) is 0 Å². The second-order valence-corrected chi connectivity index (χ2v) is 9.33. The number of ether oxygens (including phenoxy) is 2. The SMILES string of the molecule is CCOC(=O)C1=C(C)N=c2s/c(=C\c3ccc(OCC)c(Cl)c3)c(=O)n2[C@H]1c1ccc(Cl)cc1. The summed E-state index contributed by atoms with van der Waals surface area (Å²) in [6.45, 7) is 6.09. The van der Waals surface area contributed by atoms with Crippen molar-refractivity contribution in [1.29, 1.82) is 0 Å². The second-order valence-electron chi connectivity index (χ2n) is 7.48. The molecule has 2 heterocycles. The third-order valence-corrected chi connectivity index (χ3v) is 6.79. The molecule has 9 heteroatoms. The number of thiazole rings is 1. The summed E-state index contributed by atoms with van der Waals surface area (Å²) in [5, 5.41) is 1.02. The third-order valence-electron chi connectivity index (χ3n) is 5.26. The van der Waals surface area contributed by atoms with Crippen molar-refractivity contribution in [3.8, 4) is 5.75 Å². The van der Waals surface area contributed by atoms with E-state index in [0.29, 0.717) is 43.0 Å². The van der Waals surface area contributed by atoms with E-state index in [9.17, 15) is 9.59 Å². The third kappa shape index (κ3) is 4.69. The Morgan fingerprint density at radius 3 is 2.53 bits per heavy atom. The number of aromatic nitrogens is 1. The van der Waals surface area contributed by atoms with Crippen molar-refractivity contribution in [2.75, 3.05) is 13.2 Å². The van der Waals surface area contributed by atoms with Gasteiger partial charge in [0.1, 0.15) is 5.75 Å². The maximum atomic E-state index is 13.6. The van der Waals surface area contributed by atoms with Crippen LogP contribution in [-0.4, -0.2) is 23.8 Å². The molecule has 1 aromatic heterocycles. The van der Waals surface area contributed by atoms with Gasteiger partial charge in [0, 0.05) is 5.02 Å². The Labute approximate surface area is 210 Å². The van der Waals surface area contributed by atoms with E-state index in [0.717, 1.165) is 11.1 Å². The number of halogens is 2. The van der Waals surface area contributed by atoms with Gasteiger partial charge in [-0.3, -0.25) is 9.36 Å². The minimum absolute atomic E-state index is 0.214. The van der Waals surface area contributed by atoms with Crippen LogP contribution in [0.25, 0.3) is 6.08 Å². The Balaban J connectivity index is 1.89. The van der Waals surface area contributed by atoms with Crippen LogP contribution in [0.5, 0.6) is 5.75 Å². The zero-order valence-electron chi connectivity index (χ0n) is 18.8. The number of hydrogen-bond acceptors (Lipinski definition) is 6. The molecule has 0 saturated heterocycles. The van der Waals surface area contributed by atoms with Crippen molar-refractivity contribution in [2.24, 2.45) is 4.99 Å². The van der Waals surface area contributed by atoms with Crippen molar-refractivity contribution >= 4 is 46.6 Å². The summed E-state index contributed by atoms with van der Waals surface area (Å²) in [7, 11) is 0. The van der Waals surface area contributed by atoms with E-state index >= 15 is 0 Å². The van der Waals surface area contributed by atoms with Crippen LogP contribution in [0.3, 0.4) is 0 Å². The number of carbonyl (C=O) groups is 1. The zero-order valence-corrected chi connectivity index (χ0v) is 21.1. The number of fused-ring (bicyclic) bond motifs is 1. The van der Waals surface area contributed by atoms with Crippen LogP contribution in [0.4, 0.5) is 0 Å². The molecule has 2 aromatic carbocycles. The van der Waals surface area contributed by atoms with Crippen LogP contribution in [-0.2, 0) is 9.53 Å². The standard InChI is InChI=1S/C25H22Cl2N2O4S/c1-4-32-19-11-6-15(12-18(19)27)13-20-23(30)29-22(16-7-9-17(26)10-8-16)21(24(31)33-5-2)14(3)28-25(29)34-20/h6-13,22H,4-5H2,1-3H3/b20-13-/t22-/m0/s1. The van der Waals surface area contributed by atoms with E-state index < -0.39 is 12.0 Å². The summed E-state index contributed by atoms with van der Waals surface area (Å²) in [4.78, 5) is 31.5. The number of benzene rings is 2. The highest BCUT2D eigenvalue weighted by Gasteiger charge is 2.33. The Kier molecular flexibility index (Phi) is 7.26. The second kappa shape index (κ2) is 10.2. The Morgan fingerprint density at radius 2 is 1.88 bits per heavy atom. The Morgan fingerprint density at radius 1 is 1.15 bits per heavy atom. The van der Waals surface area contributed by atoms with Crippen molar-refractivity contribution in [3.05, 3.63) is 94.6 Å². The lowest BCUT2D eigenvalue weighted by Gasteiger charge is -2.24. The monoisotopic (exact) mass is 516 g/mol.